The summed E-state index contributed by atoms with van der Waals surface area (Å²) in [6.07, 6.45) is 1.38. The molecule has 1 aromatic rings. The van der Waals surface area contributed by atoms with Crippen molar-refractivity contribution in [3.05, 3.63) is 29.8 Å². The van der Waals surface area contributed by atoms with Crippen LogP contribution in [0.15, 0.2) is 29.2 Å². The van der Waals surface area contributed by atoms with Crippen molar-refractivity contribution in [1.29, 1.82) is 0 Å². The molecule has 1 saturated heterocycles. The van der Waals surface area contributed by atoms with E-state index in [9.17, 15) is 0 Å². The Labute approximate surface area is 121 Å². The highest BCUT2D eigenvalue weighted by atomic mass is 32.2. The average molecular weight is 275 g/mol. The van der Waals surface area contributed by atoms with E-state index in [0.717, 1.165) is 11.8 Å². The van der Waals surface area contributed by atoms with E-state index in [1.54, 1.807) is 5.56 Å². The third-order valence-corrected chi connectivity index (χ3v) is 6.03. The van der Waals surface area contributed by atoms with E-state index < -0.39 is 0 Å². The third kappa shape index (κ3) is 2.85. The van der Waals surface area contributed by atoms with Gasteiger partial charge in [0.05, 0.1) is 0 Å². The fourth-order valence-corrected chi connectivity index (χ4v) is 4.64. The van der Waals surface area contributed by atoms with E-state index in [1.807, 2.05) is 11.8 Å². The largest absolute Gasteiger partial charge is 0.302 e. The van der Waals surface area contributed by atoms with Crippen LogP contribution in [-0.2, 0) is 0 Å². The molecule has 0 saturated carbocycles. The van der Waals surface area contributed by atoms with Crippen LogP contribution in [0.25, 0.3) is 0 Å². The number of benzene rings is 1. The maximum atomic E-state index is 2.70. The maximum Gasteiger partial charge on any atom is 0.0108 e. The van der Waals surface area contributed by atoms with Crippen molar-refractivity contribution < 1.29 is 0 Å². The van der Waals surface area contributed by atoms with E-state index in [4.69, 9.17) is 0 Å². The molecule has 3 rings (SSSR count). The highest BCUT2D eigenvalue weighted by Crippen LogP contribution is 2.41. The predicted octanol–water partition coefficient (Wildman–Crippen LogP) is 4.24. The van der Waals surface area contributed by atoms with Gasteiger partial charge >= 0.3 is 0 Å². The molecular weight excluding hydrogens is 250 g/mol. The first kappa shape index (κ1) is 13.5. The Kier molecular flexibility index (Phi) is 3.65. The molecule has 2 aliphatic heterocycles. The van der Waals surface area contributed by atoms with Gasteiger partial charge in [-0.3, -0.25) is 0 Å². The van der Waals surface area contributed by atoms with Gasteiger partial charge < -0.3 is 4.90 Å². The number of likely N-dealkylation sites (tertiary alicyclic amines) is 1. The highest BCUT2D eigenvalue weighted by molar-refractivity contribution is 7.99. The van der Waals surface area contributed by atoms with Gasteiger partial charge in [-0.05, 0) is 35.9 Å². The smallest absolute Gasteiger partial charge is 0.0108 e. The summed E-state index contributed by atoms with van der Waals surface area (Å²) in [5.41, 5.74) is 2.06. The summed E-state index contributed by atoms with van der Waals surface area (Å²) in [6.45, 7) is 11.0. The van der Waals surface area contributed by atoms with Crippen LogP contribution in [0.4, 0.5) is 0 Å². The van der Waals surface area contributed by atoms with Crippen LogP contribution in [0, 0.1) is 11.3 Å². The van der Waals surface area contributed by atoms with Crippen LogP contribution in [0.2, 0.25) is 0 Å². The summed E-state index contributed by atoms with van der Waals surface area (Å²) in [7, 11) is 0. The molecule has 2 atom stereocenters. The Hall–Kier alpha value is -0.470. The van der Waals surface area contributed by atoms with Crippen molar-refractivity contribution in [3.63, 3.8) is 0 Å². The SMILES string of the molecule is CC(C)(C)C1CCN(CC2CSc3ccccc32)C1. The van der Waals surface area contributed by atoms with Gasteiger partial charge in [0.1, 0.15) is 0 Å². The lowest BCUT2D eigenvalue weighted by molar-refractivity contribution is 0.226. The first-order valence-electron chi connectivity index (χ1n) is 7.48. The minimum atomic E-state index is 0.469. The molecule has 2 heterocycles. The van der Waals surface area contributed by atoms with Crippen molar-refractivity contribution >= 4 is 11.8 Å². The summed E-state index contributed by atoms with van der Waals surface area (Å²) >= 11 is 2.04. The number of hydrogen-bond donors (Lipinski definition) is 0. The topological polar surface area (TPSA) is 3.24 Å². The lowest BCUT2D eigenvalue weighted by Gasteiger charge is -2.27. The first-order valence-corrected chi connectivity index (χ1v) is 8.46. The van der Waals surface area contributed by atoms with Crippen molar-refractivity contribution in [3.8, 4) is 0 Å². The van der Waals surface area contributed by atoms with E-state index in [2.05, 4.69) is 49.9 Å². The molecule has 0 spiro atoms. The Morgan fingerprint density at radius 2 is 2.05 bits per heavy atom. The molecule has 0 N–H and O–H groups in total. The zero-order valence-electron chi connectivity index (χ0n) is 12.4. The van der Waals surface area contributed by atoms with Gasteiger partial charge in [0.15, 0.2) is 0 Å². The van der Waals surface area contributed by atoms with E-state index in [1.165, 1.54) is 36.7 Å². The Balaban J connectivity index is 1.62. The summed E-state index contributed by atoms with van der Waals surface area (Å²) in [4.78, 5) is 4.21. The lowest BCUT2D eigenvalue weighted by Crippen LogP contribution is -2.29. The van der Waals surface area contributed by atoms with Gasteiger partial charge in [0.2, 0.25) is 0 Å². The standard InChI is InChI=1S/C17H25NS/c1-17(2,3)14-8-9-18(11-14)10-13-12-19-16-7-5-4-6-15(13)16/h4-7,13-14H,8-12H2,1-3H3. The Morgan fingerprint density at radius 3 is 2.79 bits per heavy atom. The van der Waals surface area contributed by atoms with Crippen LogP contribution >= 0.6 is 11.8 Å². The molecule has 1 nitrogen and oxygen atoms in total. The van der Waals surface area contributed by atoms with Crippen LogP contribution in [-0.4, -0.2) is 30.3 Å². The molecule has 0 aromatic heterocycles. The molecule has 19 heavy (non-hydrogen) atoms. The van der Waals surface area contributed by atoms with Crippen LogP contribution in [0.1, 0.15) is 38.7 Å². The normalized spacial score (nSPS) is 27.7. The van der Waals surface area contributed by atoms with E-state index >= 15 is 0 Å². The third-order valence-electron chi connectivity index (χ3n) is 4.77. The molecular formula is C17H25NS. The quantitative estimate of drug-likeness (QED) is 0.794. The first-order chi connectivity index (χ1) is 9.04. The molecule has 2 unspecified atom stereocenters. The molecule has 0 radical (unpaired) electrons. The van der Waals surface area contributed by atoms with Gasteiger partial charge in [-0.25, -0.2) is 0 Å². The minimum Gasteiger partial charge on any atom is -0.302 e. The zero-order valence-corrected chi connectivity index (χ0v) is 13.2. The van der Waals surface area contributed by atoms with Crippen molar-refractivity contribution in [1.82, 2.24) is 4.90 Å². The van der Waals surface area contributed by atoms with Gasteiger partial charge in [-0.2, -0.15) is 0 Å². The number of rotatable bonds is 2. The van der Waals surface area contributed by atoms with Crippen LogP contribution in [0.5, 0.6) is 0 Å². The Morgan fingerprint density at radius 1 is 1.26 bits per heavy atom. The molecule has 1 aromatic carbocycles. The van der Waals surface area contributed by atoms with Gasteiger partial charge in [-0.15, -0.1) is 11.8 Å². The van der Waals surface area contributed by atoms with Crippen molar-refractivity contribution in [2.45, 2.75) is 38.0 Å². The number of hydrogen-bond acceptors (Lipinski definition) is 2. The molecule has 1 fully saturated rings. The van der Waals surface area contributed by atoms with Crippen LogP contribution < -0.4 is 0 Å². The second-order valence-electron chi connectivity index (χ2n) is 7.16. The molecule has 104 valence electrons. The fourth-order valence-electron chi connectivity index (χ4n) is 3.40. The lowest BCUT2D eigenvalue weighted by atomic mass is 9.80. The van der Waals surface area contributed by atoms with Gasteiger partial charge in [0, 0.05) is 29.7 Å². The van der Waals surface area contributed by atoms with E-state index in [0.29, 0.717) is 5.41 Å². The number of fused-ring (bicyclic) bond motifs is 1. The molecule has 0 bridgehead atoms. The predicted molar refractivity (Wildman–Crippen MR) is 83.9 cm³/mol. The van der Waals surface area contributed by atoms with E-state index in [-0.39, 0.29) is 0 Å². The molecule has 2 aliphatic rings. The minimum absolute atomic E-state index is 0.469. The fraction of sp³-hybridized carbons (Fsp3) is 0.647. The summed E-state index contributed by atoms with van der Waals surface area (Å²) in [6, 6.07) is 8.97. The van der Waals surface area contributed by atoms with Gasteiger partial charge in [-0.1, -0.05) is 39.0 Å². The van der Waals surface area contributed by atoms with Gasteiger partial charge in [0.25, 0.3) is 0 Å². The second kappa shape index (κ2) is 5.14. The zero-order chi connectivity index (χ0) is 13.5. The summed E-state index contributed by atoms with van der Waals surface area (Å²) < 4.78 is 0. The Bertz CT molecular complexity index is 449. The molecule has 2 heteroatoms. The summed E-state index contributed by atoms with van der Waals surface area (Å²) in [5, 5.41) is 0. The van der Waals surface area contributed by atoms with Crippen LogP contribution in [0.3, 0.4) is 0 Å². The highest BCUT2D eigenvalue weighted by Gasteiger charge is 2.33. The summed E-state index contributed by atoms with van der Waals surface area (Å²) in [5.74, 6) is 2.90. The second-order valence-corrected chi connectivity index (χ2v) is 8.22. The van der Waals surface area contributed by atoms with Crippen molar-refractivity contribution in [2.75, 3.05) is 25.4 Å². The average Bonchev–Trinajstić information content (AvgIpc) is 2.97. The monoisotopic (exact) mass is 275 g/mol. The van der Waals surface area contributed by atoms with Crippen molar-refractivity contribution in [2.24, 2.45) is 11.3 Å². The number of thioether (sulfide) groups is 1. The molecule has 0 amide bonds. The maximum absolute atomic E-state index is 2.70. The molecule has 0 aliphatic carbocycles. The number of nitrogens with zero attached hydrogens (tertiary/aromatic N) is 1.